The second-order valence-electron chi connectivity index (χ2n) is 7.47. The largest absolute Gasteiger partial charge is 0.493 e. The van der Waals surface area contributed by atoms with E-state index in [1.165, 1.54) is 30.4 Å². The Balaban J connectivity index is 1.78. The molecule has 3 nitrogen and oxygen atoms in total. The Kier molecular flexibility index (Phi) is 3.24. The first kappa shape index (κ1) is 14.8. The first-order valence-electron chi connectivity index (χ1n) is 9.25. The molecular formula is C22H22N2O. The van der Waals surface area contributed by atoms with Crippen LogP contribution >= 0.6 is 0 Å². The van der Waals surface area contributed by atoms with E-state index in [1.54, 1.807) is 4.68 Å². The van der Waals surface area contributed by atoms with E-state index in [0.29, 0.717) is 5.88 Å². The SMILES string of the molecule is Oc1c2c(nn1-c1ccccc1)-c1ccccc1CC21CCCCC1. The molecule has 1 heterocycles. The molecular weight excluding hydrogens is 308 g/mol. The molecule has 1 fully saturated rings. The molecule has 25 heavy (non-hydrogen) atoms. The highest BCUT2D eigenvalue weighted by Gasteiger charge is 2.44. The minimum Gasteiger partial charge on any atom is -0.493 e. The van der Waals surface area contributed by atoms with Crippen molar-refractivity contribution in [2.45, 2.75) is 43.9 Å². The number of aromatic nitrogens is 2. The molecule has 2 aliphatic carbocycles. The van der Waals surface area contributed by atoms with Gasteiger partial charge in [-0.15, -0.1) is 0 Å². The summed E-state index contributed by atoms with van der Waals surface area (Å²) in [5.74, 6) is 0.331. The van der Waals surface area contributed by atoms with Gasteiger partial charge in [0.15, 0.2) is 0 Å². The standard InChI is InChI=1S/C22H22N2O/c25-21-19-20(23-24(21)17-10-3-1-4-11-17)18-12-6-5-9-16(18)15-22(19)13-7-2-8-14-22/h1,3-6,9-12,25H,2,7-8,13-15H2. The van der Waals surface area contributed by atoms with Crippen molar-refractivity contribution in [3.05, 3.63) is 65.7 Å². The van der Waals surface area contributed by atoms with Crippen molar-refractivity contribution in [2.24, 2.45) is 0 Å². The summed E-state index contributed by atoms with van der Waals surface area (Å²) in [6.07, 6.45) is 7.07. The van der Waals surface area contributed by atoms with Gasteiger partial charge < -0.3 is 5.11 Å². The van der Waals surface area contributed by atoms with Crippen molar-refractivity contribution in [2.75, 3.05) is 0 Å². The van der Waals surface area contributed by atoms with Crippen molar-refractivity contribution in [3.8, 4) is 22.8 Å². The highest BCUT2D eigenvalue weighted by atomic mass is 16.3. The molecule has 126 valence electrons. The molecule has 1 N–H and O–H groups in total. The molecule has 0 bridgehead atoms. The van der Waals surface area contributed by atoms with E-state index in [4.69, 9.17) is 5.10 Å². The Morgan fingerprint density at radius 1 is 0.880 bits per heavy atom. The molecule has 3 aromatic rings. The molecule has 2 aromatic carbocycles. The first-order valence-corrected chi connectivity index (χ1v) is 9.25. The zero-order valence-electron chi connectivity index (χ0n) is 14.3. The zero-order valence-corrected chi connectivity index (χ0v) is 14.3. The quantitative estimate of drug-likeness (QED) is 0.681. The van der Waals surface area contributed by atoms with Crippen LogP contribution in [0.2, 0.25) is 0 Å². The van der Waals surface area contributed by atoms with Gasteiger partial charge in [-0.25, -0.2) is 4.68 Å². The van der Waals surface area contributed by atoms with Gasteiger partial charge in [0.25, 0.3) is 0 Å². The summed E-state index contributed by atoms with van der Waals surface area (Å²) in [6.45, 7) is 0. The van der Waals surface area contributed by atoms with Crippen LogP contribution in [0.4, 0.5) is 0 Å². The maximum absolute atomic E-state index is 11.2. The fourth-order valence-corrected chi connectivity index (χ4v) is 4.85. The van der Waals surface area contributed by atoms with Crippen LogP contribution in [0.1, 0.15) is 43.2 Å². The maximum Gasteiger partial charge on any atom is 0.218 e. The molecule has 1 aromatic heterocycles. The number of hydrogen-bond acceptors (Lipinski definition) is 2. The van der Waals surface area contributed by atoms with E-state index in [0.717, 1.165) is 36.2 Å². The number of para-hydroxylation sites is 1. The molecule has 0 atom stereocenters. The molecule has 1 saturated carbocycles. The van der Waals surface area contributed by atoms with E-state index in [9.17, 15) is 5.11 Å². The van der Waals surface area contributed by atoms with E-state index in [2.05, 4.69) is 24.3 Å². The fourth-order valence-electron chi connectivity index (χ4n) is 4.85. The van der Waals surface area contributed by atoms with Crippen LogP contribution in [0.25, 0.3) is 16.9 Å². The van der Waals surface area contributed by atoms with Crippen LogP contribution in [0.3, 0.4) is 0 Å². The van der Waals surface area contributed by atoms with Crippen LogP contribution in [-0.4, -0.2) is 14.9 Å². The summed E-state index contributed by atoms with van der Waals surface area (Å²) < 4.78 is 1.73. The highest BCUT2D eigenvalue weighted by molar-refractivity contribution is 5.74. The van der Waals surface area contributed by atoms with Crippen LogP contribution < -0.4 is 0 Å². The average molecular weight is 330 g/mol. The van der Waals surface area contributed by atoms with Crippen molar-refractivity contribution in [3.63, 3.8) is 0 Å². The predicted molar refractivity (Wildman–Crippen MR) is 99.1 cm³/mol. The molecule has 2 aliphatic rings. The molecule has 3 heteroatoms. The predicted octanol–water partition coefficient (Wildman–Crippen LogP) is 5.00. The molecule has 0 aliphatic heterocycles. The Morgan fingerprint density at radius 3 is 2.40 bits per heavy atom. The summed E-state index contributed by atoms with van der Waals surface area (Å²) in [6, 6.07) is 18.5. The van der Waals surface area contributed by atoms with E-state index in [1.807, 2.05) is 30.3 Å². The lowest BCUT2D eigenvalue weighted by atomic mass is 9.62. The van der Waals surface area contributed by atoms with Crippen LogP contribution in [0.15, 0.2) is 54.6 Å². The van der Waals surface area contributed by atoms with E-state index >= 15 is 0 Å². The van der Waals surface area contributed by atoms with Gasteiger partial charge in [-0.1, -0.05) is 61.7 Å². The van der Waals surface area contributed by atoms with Gasteiger partial charge >= 0.3 is 0 Å². The number of nitrogens with zero attached hydrogens (tertiary/aromatic N) is 2. The third-order valence-corrected chi connectivity index (χ3v) is 6.00. The van der Waals surface area contributed by atoms with Gasteiger partial charge in [0.05, 0.1) is 5.69 Å². The molecule has 0 amide bonds. The van der Waals surface area contributed by atoms with Gasteiger partial charge in [-0.3, -0.25) is 0 Å². The minimum absolute atomic E-state index is 0.0407. The van der Waals surface area contributed by atoms with Crippen molar-refractivity contribution < 1.29 is 5.11 Å². The Hall–Kier alpha value is -2.55. The third kappa shape index (κ3) is 2.15. The minimum atomic E-state index is 0.0407. The molecule has 0 radical (unpaired) electrons. The zero-order chi connectivity index (χ0) is 16.9. The molecule has 0 unspecified atom stereocenters. The monoisotopic (exact) mass is 330 g/mol. The van der Waals surface area contributed by atoms with Crippen LogP contribution in [0.5, 0.6) is 5.88 Å². The normalized spacial score (nSPS) is 17.9. The van der Waals surface area contributed by atoms with Gasteiger partial charge in [0, 0.05) is 16.5 Å². The lowest BCUT2D eigenvalue weighted by Crippen LogP contribution is -2.34. The average Bonchev–Trinajstić information content (AvgIpc) is 3.02. The van der Waals surface area contributed by atoms with Gasteiger partial charge in [-0.2, -0.15) is 5.10 Å². The third-order valence-electron chi connectivity index (χ3n) is 6.00. The maximum atomic E-state index is 11.2. The number of benzene rings is 2. The van der Waals surface area contributed by atoms with Crippen LogP contribution in [-0.2, 0) is 11.8 Å². The molecule has 1 spiro atoms. The molecule has 0 saturated heterocycles. The second kappa shape index (κ2) is 5.48. The highest BCUT2D eigenvalue weighted by Crippen LogP contribution is 2.53. The molecule has 5 rings (SSSR count). The van der Waals surface area contributed by atoms with E-state index in [-0.39, 0.29) is 5.41 Å². The van der Waals surface area contributed by atoms with Crippen LogP contribution in [0, 0.1) is 0 Å². The summed E-state index contributed by atoms with van der Waals surface area (Å²) in [4.78, 5) is 0. The van der Waals surface area contributed by atoms with Gasteiger partial charge in [0.2, 0.25) is 5.88 Å². The number of hydrogen-bond donors (Lipinski definition) is 1. The lowest BCUT2D eigenvalue weighted by molar-refractivity contribution is 0.277. The smallest absolute Gasteiger partial charge is 0.218 e. The van der Waals surface area contributed by atoms with Gasteiger partial charge in [0.1, 0.15) is 5.69 Å². The van der Waals surface area contributed by atoms with Crippen molar-refractivity contribution in [1.82, 2.24) is 9.78 Å². The lowest BCUT2D eigenvalue weighted by Gasteiger charge is -2.40. The number of rotatable bonds is 1. The second-order valence-corrected chi connectivity index (χ2v) is 7.47. The summed E-state index contributed by atoms with van der Waals surface area (Å²) in [5, 5.41) is 16.0. The number of aromatic hydroxyl groups is 1. The Morgan fingerprint density at radius 2 is 1.60 bits per heavy atom. The fraction of sp³-hybridized carbons (Fsp3) is 0.318. The Labute approximate surface area is 147 Å². The Bertz CT molecular complexity index is 920. The summed E-state index contributed by atoms with van der Waals surface area (Å²) in [7, 11) is 0. The van der Waals surface area contributed by atoms with E-state index < -0.39 is 0 Å². The van der Waals surface area contributed by atoms with Crippen molar-refractivity contribution in [1.29, 1.82) is 0 Å². The first-order chi connectivity index (χ1) is 12.3. The topological polar surface area (TPSA) is 38.1 Å². The number of fused-ring (bicyclic) bond motifs is 4. The van der Waals surface area contributed by atoms with Crippen molar-refractivity contribution >= 4 is 0 Å². The van der Waals surface area contributed by atoms with Gasteiger partial charge in [-0.05, 0) is 37.0 Å². The summed E-state index contributed by atoms with van der Waals surface area (Å²) >= 11 is 0. The summed E-state index contributed by atoms with van der Waals surface area (Å²) in [5.41, 5.74) is 5.56.